The van der Waals surface area contributed by atoms with Gasteiger partial charge in [0.25, 0.3) is 0 Å². The number of likely N-dealkylation sites (tertiary alicyclic amines) is 1. The topological polar surface area (TPSA) is 69.1 Å². The second-order valence-electron chi connectivity index (χ2n) is 7.11. The molecule has 1 saturated heterocycles. The average molecular weight is 468 g/mol. The maximum absolute atomic E-state index is 10.0. The van der Waals surface area contributed by atoms with E-state index in [1.807, 2.05) is 0 Å². The molecule has 148 valence electrons. The number of piperidine rings is 1. The molecule has 1 saturated carbocycles. The minimum Gasteiger partial charge on any atom is -0.389 e. The van der Waals surface area contributed by atoms with Gasteiger partial charge in [0.15, 0.2) is 5.96 Å². The molecular weight excluding hydrogens is 431 g/mol. The first-order valence-corrected chi connectivity index (χ1v) is 9.74. The van der Waals surface area contributed by atoms with Crippen molar-refractivity contribution in [1.29, 1.82) is 0 Å². The zero-order valence-corrected chi connectivity index (χ0v) is 18.2. The zero-order chi connectivity index (χ0) is 17.2. The molecule has 2 fully saturated rings. The molecule has 1 aliphatic carbocycles. The molecule has 1 heterocycles. The van der Waals surface area contributed by atoms with Crippen LogP contribution >= 0.6 is 24.0 Å². The molecule has 0 aromatic carbocycles. The summed E-state index contributed by atoms with van der Waals surface area (Å²) in [7, 11) is 0. The van der Waals surface area contributed by atoms with Gasteiger partial charge < -0.3 is 25.4 Å². The third kappa shape index (κ3) is 9.96. The van der Waals surface area contributed by atoms with Gasteiger partial charge in [0.05, 0.1) is 19.3 Å². The van der Waals surface area contributed by atoms with Crippen LogP contribution in [0.3, 0.4) is 0 Å². The highest BCUT2D eigenvalue weighted by Crippen LogP contribution is 2.28. The molecule has 0 bridgehead atoms. The van der Waals surface area contributed by atoms with Gasteiger partial charge in [0.1, 0.15) is 0 Å². The normalized spacial score (nSPS) is 20.8. The van der Waals surface area contributed by atoms with Crippen molar-refractivity contribution in [3.8, 4) is 0 Å². The summed E-state index contributed by atoms with van der Waals surface area (Å²) in [6.45, 7) is 10.2. The monoisotopic (exact) mass is 468 g/mol. The number of rotatable bonds is 10. The third-order valence-corrected chi connectivity index (χ3v) is 4.63. The van der Waals surface area contributed by atoms with E-state index in [-0.39, 0.29) is 24.0 Å². The van der Waals surface area contributed by atoms with Crippen molar-refractivity contribution in [3.05, 3.63) is 0 Å². The fraction of sp³-hybridized carbons (Fsp3) is 0.944. The largest absolute Gasteiger partial charge is 0.389 e. The third-order valence-electron chi connectivity index (χ3n) is 4.63. The summed E-state index contributed by atoms with van der Waals surface area (Å²) in [5.74, 6) is 1.55. The molecule has 0 spiro atoms. The number of aliphatic imine (C=N–C) groups is 1. The number of ether oxygens (including phenoxy) is 1. The summed E-state index contributed by atoms with van der Waals surface area (Å²) in [5, 5.41) is 16.8. The van der Waals surface area contributed by atoms with E-state index in [0.717, 1.165) is 51.0 Å². The van der Waals surface area contributed by atoms with Crippen LogP contribution in [0, 0.1) is 5.92 Å². The fourth-order valence-electron chi connectivity index (χ4n) is 3.04. The summed E-state index contributed by atoms with van der Waals surface area (Å²) in [4.78, 5) is 7.06. The number of nitrogens with one attached hydrogen (secondary N) is 2. The van der Waals surface area contributed by atoms with Crippen LogP contribution in [0.25, 0.3) is 0 Å². The lowest BCUT2D eigenvalue weighted by molar-refractivity contribution is 0.0368. The number of halogens is 1. The molecule has 0 radical (unpaired) electrons. The van der Waals surface area contributed by atoms with Gasteiger partial charge in [-0.25, -0.2) is 0 Å². The Morgan fingerprint density at radius 1 is 1.24 bits per heavy atom. The number of aliphatic hydroxyl groups is 1. The Morgan fingerprint density at radius 3 is 2.56 bits per heavy atom. The highest BCUT2D eigenvalue weighted by Gasteiger charge is 2.22. The van der Waals surface area contributed by atoms with Gasteiger partial charge in [-0.15, -0.1) is 24.0 Å². The van der Waals surface area contributed by atoms with E-state index in [1.54, 1.807) is 0 Å². The second-order valence-corrected chi connectivity index (χ2v) is 7.11. The molecule has 25 heavy (non-hydrogen) atoms. The molecule has 1 aliphatic heterocycles. The number of aliphatic hydroxyl groups excluding tert-OH is 1. The van der Waals surface area contributed by atoms with Crippen molar-refractivity contribution in [3.63, 3.8) is 0 Å². The molecule has 7 heteroatoms. The Morgan fingerprint density at radius 2 is 1.96 bits per heavy atom. The van der Waals surface area contributed by atoms with Crippen LogP contribution in [0.1, 0.15) is 46.0 Å². The fourth-order valence-corrected chi connectivity index (χ4v) is 3.04. The van der Waals surface area contributed by atoms with Gasteiger partial charge in [-0.3, -0.25) is 4.99 Å². The van der Waals surface area contributed by atoms with Crippen LogP contribution in [0.15, 0.2) is 4.99 Å². The molecule has 6 nitrogen and oxygen atoms in total. The zero-order valence-electron chi connectivity index (χ0n) is 15.9. The van der Waals surface area contributed by atoms with Gasteiger partial charge in [-0.2, -0.15) is 0 Å². The van der Waals surface area contributed by atoms with E-state index in [0.29, 0.717) is 19.2 Å². The Kier molecular flexibility index (Phi) is 12.0. The lowest BCUT2D eigenvalue weighted by Gasteiger charge is -2.32. The van der Waals surface area contributed by atoms with Gasteiger partial charge >= 0.3 is 0 Å². The molecule has 3 N–H and O–H groups in total. The Labute approximate surface area is 170 Å². The molecule has 1 unspecified atom stereocenters. The van der Waals surface area contributed by atoms with Crippen LogP contribution in [-0.2, 0) is 4.74 Å². The van der Waals surface area contributed by atoms with Crippen LogP contribution in [0.2, 0.25) is 0 Å². The van der Waals surface area contributed by atoms with Crippen molar-refractivity contribution >= 4 is 29.9 Å². The minimum atomic E-state index is -0.523. The quantitative estimate of drug-likeness (QED) is 0.259. The summed E-state index contributed by atoms with van der Waals surface area (Å²) < 4.78 is 5.53. The van der Waals surface area contributed by atoms with Crippen LogP contribution in [-0.4, -0.2) is 74.0 Å². The number of hydrogen-bond acceptors (Lipinski definition) is 4. The standard InChI is InChI=1S/C18H36N4O2.HI/c1-3-9-22-10-7-16(8-11-22)21-18(19-4-2)20-12-17(23)14-24-13-15-5-6-15;/h15-17,23H,3-14H2,1-2H3,(H2,19,20,21);1H. The van der Waals surface area contributed by atoms with E-state index >= 15 is 0 Å². The van der Waals surface area contributed by atoms with Crippen molar-refractivity contribution in [1.82, 2.24) is 15.5 Å². The molecule has 2 rings (SSSR count). The lowest BCUT2D eigenvalue weighted by atomic mass is 10.1. The molecule has 0 amide bonds. The first-order valence-electron chi connectivity index (χ1n) is 9.74. The predicted molar refractivity (Wildman–Crippen MR) is 114 cm³/mol. The first-order chi connectivity index (χ1) is 11.7. The summed E-state index contributed by atoms with van der Waals surface area (Å²) in [6.07, 6.45) is 5.56. The summed E-state index contributed by atoms with van der Waals surface area (Å²) in [5.41, 5.74) is 0. The highest BCUT2D eigenvalue weighted by atomic mass is 127. The van der Waals surface area contributed by atoms with Crippen molar-refractivity contribution in [2.75, 3.05) is 45.9 Å². The molecular formula is C18H37IN4O2. The predicted octanol–water partition coefficient (Wildman–Crippen LogP) is 1.82. The average Bonchev–Trinajstić information content (AvgIpc) is 3.39. The highest BCUT2D eigenvalue weighted by molar-refractivity contribution is 14.0. The second kappa shape index (κ2) is 13.1. The van der Waals surface area contributed by atoms with Gasteiger partial charge in [0, 0.05) is 32.3 Å². The SMILES string of the molecule is CCCN1CCC(NC(=NCC(O)COCC2CC2)NCC)CC1.I. The first kappa shape index (κ1) is 22.9. The Hall–Kier alpha value is -0.120. The smallest absolute Gasteiger partial charge is 0.191 e. The number of hydrogen-bond donors (Lipinski definition) is 3. The van der Waals surface area contributed by atoms with Gasteiger partial charge in [-0.05, 0) is 51.5 Å². The Balaban J connectivity index is 0.00000312. The maximum Gasteiger partial charge on any atom is 0.191 e. The molecule has 1 atom stereocenters. The van der Waals surface area contributed by atoms with Crippen LogP contribution < -0.4 is 10.6 Å². The number of guanidine groups is 1. The summed E-state index contributed by atoms with van der Waals surface area (Å²) in [6, 6.07) is 0.471. The van der Waals surface area contributed by atoms with E-state index in [1.165, 1.54) is 25.8 Å². The van der Waals surface area contributed by atoms with Crippen LogP contribution in [0.5, 0.6) is 0 Å². The van der Waals surface area contributed by atoms with E-state index < -0.39 is 6.10 Å². The molecule has 2 aliphatic rings. The number of nitrogens with zero attached hydrogens (tertiary/aromatic N) is 2. The minimum absolute atomic E-state index is 0. The van der Waals surface area contributed by atoms with E-state index in [2.05, 4.69) is 34.4 Å². The van der Waals surface area contributed by atoms with Crippen molar-refractivity contribution in [2.45, 2.75) is 58.1 Å². The molecule has 0 aromatic heterocycles. The van der Waals surface area contributed by atoms with Crippen molar-refractivity contribution < 1.29 is 9.84 Å². The summed E-state index contributed by atoms with van der Waals surface area (Å²) >= 11 is 0. The van der Waals surface area contributed by atoms with Gasteiger partial charge in [-0.1, -0.05) is 6.92 Å². The van der Waals surface area contributed by atoms with Crippen LogP contribution in [0.4, 0.5) is 0 Å². The van der Waals surface area contributed by atoms with Crippen molar-refractivity contribution in [2.24, 2.45) is 10.9 Å². The lowest BCUT2D eigenvalue weighted by Crippen LogP contribution is -2.49. The maximum atomic E-state index is 10.0. The van der Waals surface area contributed by atoms with E-state index in [9.17, 15) is 5.11 Å². The van der Waals surface area contributed by atoms with E-state index in [4.69, 9.17) is 4.74 Å². The van der Waals surface area contributed by atoms with Gasteiger partial charge in [0.2, 0.25) is 0 Å². The molecule has 0 aromatic rings. The Bertz CT molecular complexity index is 372.